The molecule has 1 nitrogen and oxygen atoms in total. The zero-order valence-corrected chi connectivity index (χ0v) is 8.83. The molecule has 0 saturated carbocycles. The van der Waals surface area contributed by atoms with Gasteiger partial charge in [0.15, 0.2) is 0 Å². The van der Waals surface area contributed by atoms with Crippen LogP contribution in [0.25, 0.3) is 0 Å². The van der Waals surface area contributed by atoms with E-state index in [0.29, 0.717) is 6.07 Å². The normalized spacial score (nSPS) is 12.7. The predicted molar refractivity (Wildman–Crippen MR) is 47.7 cm³/mol. The van der Waals surface area contributed by atoms with Crippen molar-refractivity contribution in [2.24, 2.45) is 0 Å². The van der Waals surface area contributed by atoms with Crippen LogP contribution in [0, 0.1) is 6.92 Å². The molecular formula is C10H8F6O. The van der Waals surface area contributed by atoms with Gasteiger partial charge in [-0.05, 0) is 24.6 Å². The monoisotopic (exact) mass is 258 g/mol. The average molecular weight is 258 g/mol. The highest BCUT2D eigenvalue weighted by Crippen LogP contribution is 2.45. The first-order valence-corrected chi connectivity index (χ1v) is 4.40. The van der Waals surface area contributed by atoms with E-state index in [1.165, 1.54) is 6.92 Å². The number of rotatable bonds is 1. The fourth-order valence-electron chi connectivity index (χ4n) is 1.43. The van der Waals surface area contributed by atoms with Crippen molar-refractivity contribution in [3.63, 3.8) is 0 Å². The molecule has 0 aliphatic rings. The van der Waals surface area contributed by atoms with Gasteiger partial charge in [0.1, 0.15) is 11.3 Å². The van der Waals surface area contributed by atoms with Crippen molar-refractivity contribution in [3.05, 3.63) is 28.8 Å². The molecule has 0 radical (unpaired) electrons. The van der Waals surface area contributed by atoms with E-state index in [1.54, 1.807) is 0 Å². The standard InChI is InChI=1S/C10H8F6O/c1-5-3-6(9(11,12)13)8(10(14,15)16)7(4-5)17-2/h3-4H,1-2H3. The van der Waals surface area contributed by atoms with Crippen molar-refractivity contribution in [1.82, 2.24) is 0 Å². The van der Waals surface area contributed by atoms with Crippen molar-refractivity contribution in [2.75, 3.05) is 7.11 Å². The van der Waals surface area contributed by atoms with E-state index < -0.39 is 29.2 Å². The molecule has 0 atom stereocenters. The van der Waals surface area contributed by atoms with Gasteiger partial charge in [-0.15, -0.1) is 0 Å². The molecule has 7 heteroatoms. The molecule has 17 heavy (non-hydrogen) atoms. The van der Waals surface area contributed by atoms with E-state index >= 15 is 0 Å². The number of methoxy groups -OCH3 is 1. The van der Waals surface area contributed by atoms with Gasteiger partial charge in [-0.3, -0.25) is 0 Å². The lowest BCUT2D eigenvalue weighted by Crippen LogP contribution is -2.18. The van der Waals surface area contributed by atoms with Gasteiger partial charge in [0.2, 0.25) is 0 Å². The Morgan fingerprint density at radius 2 is 1.47 bits per heavy atom. The Morgan fingerprint density at radius 3 is 1.82 bits per heavy atom. The van der Waals surface area contributed by atoms with E-state index in [9.17, 15) is 26.3 Å². The minimum atomic E-state index is -5.12. The maximum atomic E-state index is 12.6. The molecule has 1 aromatic rings. The fraction of sp³-hybridized carbons (Fsp3) is 0.400. The highest BCUT2D eigenvalue weighted by Gasteiger charge is 2.45. The van der Waals surface area contributed by atoms with Crippen LogP contribution in [0.3, 0.4) is 0 Å². The van der Waals surface area contributed by atoms with Crippen molar-refractivity contribution >= 4 is 0 Å². The van der Waals surface area contributed by atoms with E-state index in [0.717, 1.165) is 13.2 Å². The van der Waals surface area contributed by atoms with Gasteiger partial charge in [-0.1, -0.05) is 0 Å². The first-order chi connectivity index (χ1) is 7.57. The third-order valence-corrected chi connectivity index (χ3v) is 2.06. The van der Waals surface area contributed by atoms with Crippen LogP contribution in [-0.2, 0) is 12.4 Å². The highest BCUT2D eigenvalue weighted by molar-refractivity contribution is 5.46. The second kappa shape index (κ2) is 4.12. The Labute approximate surface area is 93.0 Å². The Bertz CT molecular complexity index is 418. The largest absolute Gasteiger partial charge is 0.496 e. The Hall–Kier alpha value is -1.40. The number of aryl methyl sites for hydroxylation is 1. The topological polar surface area (TPSA) is 9.23 Å². The molecule has 96 valence electrons. The predicted octanol–water partition coefficient (Wildman–Crippen LogP) is 4.04. The van der Waals surface area contributed by atoms with Gasteiger partial charge < -0.3 is 4.74 Å². The molecule has 0 heterocycles. The quantitative estimate of drug-likeness (QED) is 0.691. The number of benzene rings is 1. The Balaban J connectivity index is 3.63. The third kappa shape index (κ3) is 2.83. The zero-order valence-electron chi connectivity index (χ0n) is 8.83. The number of hydrogen-bond acceptors (Lipinski definition) is 1. The van der Waals surface area contributed by atoms with Crippen LogP contribution in [0.2, 0.25) is 0 Å². The summed E-state index contributed by atoms with van der Waals surface area (Å²) in [6.45, 7) is 1.26. The van der Waals surface area contributed by atoms with Crippen molar-refractivity contribution in [3.8, 4) is 5.75 Å². The van der Waals surface area contributed by atoms with Gasteiger partial charge >= 0.3 is 12.4 Å². The lowest BCUT2D eigenvalue weighted by molar-refractivity contribution is -0.163. The molecule has 0 N–H and O–H groups in total. The minimum absolute atomic E-state index is 0.0437. The molecule has 1 aromatic carbocycles. The molecule has 0 bridgehead atoms. The fourth-order valence-corrected chi connectivity index (χ4v) is 1.43. The van der Waals surface area contributed by atoms with E-state index in [1.807, 2.05) is 0 Å². The number of halogens is 6. The summed E-state index contributed by atoms with van der Waals surface area (Å²) in [6.07, 6.45) is -10.2. The molecular weight excluding hydrogens is 250 g/mol. The summed E-state index contributed by atoms with van der Waals surface area (Å²) in [4.78, 5) is 0. The number of ether oxygens (including phenoxy) is 1. The van der Waals surface area contributed by atoms with Crippen molar-refractivity contribution in [1.29, 1.82) is 0 Å². The zero-order chi connectivity index (χ0) is 13.4. The van der Waals surface area contributed by atoms with Gasteiger partial charge in [0.25, 0.3) is 0 Å². The van der Waals surface area contributed by atoms with Crippen molar-refractivity contribution in [2.45, 2.75) is 19.3 Å². The molecule has 0 spiro atoms. The number of alkyl halides is 6. The lowest BCUT2D eigenvalue weighted by atomic mass is 10.0. The van der Waals surface area contributed by atoms with Crippen LogP contribution >= 0.6 is 0 Å². The summed E-state index contributed by atoms with van der Waals surface area (Å²) in [7, 11) is 0.893. The second-order valence-corrected chi connectivity index (χ2v) is 3.39. The maximum absolute atomic E-state index is 12.6. The molecule has 0 amide bonds. The average Bonchev–Trinajstić information content (AvgIpc) is 2.12. The lowest BCUT2D eigenvalue weighted by Gasteiger charge is -2.19. The second-order valence-electron chi connectivity index (χ2n) is 3.39. The Morgan fingerprint density at radius 1 is 0.941 bits per heavy atom. The summed E-state index contributed by atoms with van der Waals surface area (Å²) in [5.41, 5.74) is -3.48. The smallest absolute Gasteiger partial charge is 0.420 e. The first-order valence-electron chi connectivity index (χ1n) is 4.40. The van der Waals surface area contributed by atoms with Crippen molar-refractivity contribution < 1.29 is 31.1 Å². The third-order valence-electron chi connectivity index (χ3n) is 2.06. The Kier molecular flexibility index (Phi) is 3.31. The maximum Gasteiger partial charge on any atom is 0.420 e. The molecule has 0 saturated heterocycles. The molecule has 0 aromatic heterocycles. The van der Waals surface area contributed by atoms with Crippen LogP contribution in [0.15, 0.2) is 12.1 Å². The summed E-state index contributed by atoms with van der Waals surface area (Å²) in [5.74, 6) is -0.829. The summed E-state index contributed by atoms with van der Waals surface area (Å²) < 4.78 is 79.7. The molecule has 0 fully saturated rings. The van der Waals surface area contributed by atoms with E-state index in [2.05, 4.69) is 4.74 Å². The summed E-state index contributed by atoms with van der Waals surface area (Å²) >= 11 is 0. The van der Waals surface area contributed by atoms with E-state index in [4.69, 9.17) is 0 Å². The van der Waals surface area contributed by atoms with Crippen LogP contribution in [0.1, 0.15) is 16.7 Å². The SMILES string of the molecule is COc1cc(C)cc(C(F)(F)F)c1C(F)(F)F. The summed E-state index contributed by atoms with van der Waals surface area (Å²) in [6, 6.07) is 1.36. The van der Waals surface area contributed by atoms with Crippen LogP contribution in [-0.4, -0.2) is 7.11 Å². The highest BCUT2D eigenvalue weighted by atomic mass is 19.4. The van der Waals surface area contributed by atoms with Gasteiger partial charge in [0.05, 0.1) is 12.7 Å². The molecule has 0 aliphatic heterocycles. The van der Waals surface area contributed by atoms with Crippen LogP contribution < -0.4 is 4.74 Å². The van der Waals surface area contributed by atoms with Crippen LogP contribution in [0.5, 0.6) is 5.75 Å². The molecule has 0 aliphatic carbocycles. The van der Waals surface area contributed by atoms with Gasteiger partial charge in [0, 0.05) is 0 Å². The van der Waals surface area contributed by atoms with Crippen LogP contribution in [0.4, 0.5) is 26.3 Å². The van der Waals surface area contributed by atoms with E-state index in [-0.39, 0.29) is 5.56 Å². The first kappa shape index (κ1) is 13.7. The molecule has 1 rings (SSSR count). The molecule has 0 unspecified atom stereocenters. The minimum Gasteiger partial charge on any atom is -0.496 e. The van der Waals surface area contributed by atoms with Gasteiger partial charge in [-0.2, -0.15) is 26.3 Å². The summed E-state index contributed by atoms with van der Waals surface area (Å²) in [5, 5.41) is 0. The number of hydrogen-bond donors (Lipinski definition) is 0. The van der Waals surface area contributed by atoms with Gasteiger partial charge in [-0.25, -0.2) is 0 Å².